The van der Waals surface area contributed by atoms with Gasteiger partial charge in [0.25, 0.3) is 5.22 Å². The molecule has 5 heteroatoms. The van der Waals surface area contributed by atoms with E-state index in [2.05, 4.69) is 0 Å². The lowest BCUT2D eigenvalue weighted by Crippen LogP contribution is -2.10. The zero-order valence-corrected chi connectivity index (χ0v) is 15.9. The quantitative estimate of drug-likeness (QED) is 0.451. The van der Waals surface area contributed by atoms with E-state index in [9.17, 15) is 4.79 Å². The molecule has 0 spiro atoms. The summed E-state index contributed by atoms with van der Waals surface area (Å²) in [5.74, 6) is 1.02. The average molecular weight is 386 g/mol. The predicted molar refractivity (Wildman–Crippen MR) is 112 cm³/mol. The maximum absolute atomic E-state index is 11.2. The smallest absolute Gasteiger partial charge is 0.257 e. The fraction of sp³-hybridized carbons (Fsp3) is 0.0435. The van der Waals surface area contributed by atoms with Crippen molar-refractivity contribution in [1.29, 1.82) is 0 Å². The lowest BCUT2D eigenvalue weighted by atomic mass is 10.1. The lowest BCUT2D eigenvalue weighted by molar-refractivity contribution is 0.100. The number of primary amides is 1. The molecule has 0 aliphatic rings. The van der Waals surface area contributed by atoms with Gasteiger partial charge in [-0.2, -0.15) is 0 Å². The van der Waals surface area contributed by atoms with Crippen molar-refractivity contribution in [2.24, 2.45) is 5.73 Å². The zero-order chi connectivity index (χ0) is 19.3. The molecule has 28 heavy (non-hydrogen) atoms. The summed E-state index contributed by atoms with van der Waals surface area (Å²) < 4.78 is 6.12. The Morgan fingerprint density at radius 1 is 0.857 bits per heavy atom. The molecule has 0 saturated heterocycles. The molecule has 0 aliphatic heterocycles. The topological polar surface area (TPSA) is 69.1 Å². The second-order valence-corrected chi connectivity index (χ2v) is 7.17. The summed E-state index contributed by atoms with van der Waals surface area (Å²) in [6.45, 7) is 0. The van der Waals surface area contributed by atoms with Gasteiger partial charge in [0.2, 0.25) is 5.91 Å². The van der Waals surface area contributed by atoms with Crippen molar-refractivity contribution in [2.75, 3.05) is 0 Å². The van der Waals surface area contributed by atoms with Crippen LogP contribution in [-0.4, -0.2) is 10.9 Å². The maximum atomic E-state index is 11.2. The van der Waals surface area contributed by atoms with Gasteiger partial charge in [-0.3, -0.25) is 4.79 Å². The van der Waals surface area contributed by atoms with Crippen molar-refractivity contribution >= 4 is 17.7 Å². The number of carbonyl (C=O) groups is 1. The van der Waals surface area contributed by atoms with E-state index in [1.54, 1.807) is 12.1 Å². The van der Waals surface area contributed by atoms with Crippen LogP contribution in [0.15, 0.2) is 94.6 Å². The van der Waals surface area contributed by atoms with E-state index in [1.165, 1.54) is 11.8 Å². The number of hydrogen-bond acceptors (Lipinski definition) is 4. The van der Waals surface area contributed by atoms with Gasteiger partial charge in [0.05, 0.1) is 0 Å². The predicted octanol–water partition coefficient (Wildman–Crippen LogP) is 5.40. The molecule has 2 N–H and O–H groups in total. The Bertz CT molecular complexity index is 1020. The Labute approximate surface area is 167 Å². The summed E-state index contributed by atoms with van der Waals surface area (Å²) in [4.78, 5) is 15.9. The summed E-state index contributed by atoms with van der Waals surface area (Å²) in [5.41, 5.74) is 9.70. The molecule has 3 aromatic carbocycles. The third-order valence-electron chi connectivity index (χ3n) is 4.29. The van der Waals surface area contributed by atoms with E-state index in [1.807, 2.05) is 72.8 Å². The van der Waals surface area contributed by atoms with Crippen LogP contribution in [0.2, 0.25) is 0 Å². The number of aromatic nitrogens is 1. The number of thioether (sulfide) groups is 1. The van der Waals surface area contributed by atoms with Crippen molar-refractivity contribution in [3.63, 3.8) is 0 Å². The molecule has 138 valence electrons. The monoisotopic (exact) mass is 386 g/mol. The minimum Gasteiger partial charge on any atom is -0.431 e. The second kappa shape index (κ2) is 8.15. The number of oxazole rings is 1. The average Bonchev–Trinajstić information content (AvgIpc) is 3.18. The van der Waals surface area contributed by atoms with Crippen LogP contribution in [0.1, 0.15) is 15.9 Å². The molecule has 0 unspecified atom stereocenters. The summed E-state index contributed by atoms with van der Waals surface area (Å²) >= 11 is 1.52. The molecule has 0 bridgehead atoms. The van der Waals surface area contributed by atoms with Crippen LogP contribution in [-0.2, 0) is 5.75 Å². The number of nitrogens with zero attached hydrogens (tertiary/aromatic N) is 1. The van der Waals surface area contributed by atoms with Gasteiger partial charge in [-0.25, -0.2) is 4.98 Å². The summed E-state index contributed by atoms with van der Waals surface area (Å²) in [7, 11) is 0. The molecule has 0 saturated carbocycles. The minimum atomic E-state index is -0.424. The maximum Gasteiger partial charge on any atom is 0.257 e. The van der Waals surface area contributed by atoms with Gasteiger partial charge in [0.1, 0.15) is 5.69 Å². The van der Waals surface area contributed by atoms with Crippen molar-refractivity contribution in [1.82, 2.24) is 4.98 Å². The fourth-order valence-electron chi connectivity index (χ4n) is 2.85. The molecule has 4 aromatic rings. The van der Waals surface area contributed by atoms with Gasteiger partial charge in [-0.15, -0.1) is 0 Å². The van der Waals surface area contributed by atoms with Crippen LogP contribution in [0.4, 0.5) is 0 Å². The Kier molecular flexibility index (Phi) is 5.26. The van der Waals surface area contributed by atoms with E-state index in [0.717, 1.165) is 28.1 Å². The highest BCUT2D eigenvalue weighted by atomic mass is 32.2. The number of rotatable bonds is 6. The molecule has 1 aromatic heterocycles. The third kappa shape index (κ3) is 4.00. The van der Waals surface area contributed by atoms with Crippen LogP contribution >= 0.6 is 11.8 Å². The van der Waals surface area contributed by atoms with Gasteiger partial charge >= 0.3 is 0 Å². The lowest BCUT2D eigenvalue weighted by Gasteiger charge is -2.01. The van der Waals surface area contributed by atoms with Crippen LogP contribution < -0.4 is 5.73 Å². The normalized spacial score (nSPS) is 10.7. The Morgan fingerprint density at radius 3 is 2.07 bits per heavy atom. The van der Waals surface area contributed by atoms with Crippen molar-refractivity contribution in [3.05, 3.63) is 96.1 Å². The highest BCUT2D eigenvalue weighted by molar-refractivity contribution is 7.98. The molecule has 4 rings (SSSR count). The van der Waals surface area contributed by atoms with Gasteiger partial charge in [-0.1, -0.05) is 84.6 Å². The summed E-state index contributed by atoms with van der Waals surface area (Å²) in [6, 6.07) is 27.3. The SMILES string of the molecule is NC(=O)c1ccc(CSc2nc(-c3ccccc3)c(-c3ccccc3)o2)cc1. The number of amides is 1. The minimum absolute atomic E-state index is 0.424. The molecule has 0 atom stereocenters. The first-order chi connectivity index (χ1) is 13.7. The van der Waals surface area contributed by atoms with Crippen LogP contribution in [0, 0.1) is 0 Å². The molecule has 1 heterocycles. The van der Waals surface area contributed by atoms with Crippen LogP contribution in [0.5, 0.6) is 0 Å². The first-order valence-corrected chi connectivity index (χ1v) is 9.82. The van der Waals surface area contributed by atoms with E-state index >= 15 is 0 Å². The Hall–Kier alpha value is -3.31. The van der Waals surface area contributed by atoms with Gasteiger partial charge < -0.3 is 10.2 Å². The zero-order valence-electron chi connectivity index (χ0n) is 15.0. The molecular formula is C23H18N2O2S. The standard InChI is InChI=1S/C23H18N2O2S/c24-22(26)19-13-11-16(12-14-19)15-28-23-25-20(17-7-3-1-4-8-17)21(27-23)18-9-5-2-6-10-18/h1-14H,15H2,(H2,24,26). The summed E-state index contributed by atoms with van der Waals surface area (Å²) in [5, 5.41) is 0.608. The first kappa shape index (κ1) is 18.1. The van der Waals surface area contributed by atoms with E-state index in [-0.39, 0.29) is 0 Å². The van der Waals surface area contributed by atoms with Gasteiger partial charge in [-0.05, 0) is 17.7 Å². The molecule has 0 radical (unpaired) electrons. The van der Waals surface area contributed by atoms with Crippen molar-refractivity contribution in [3.8, 4) is 22.6 Å². The van der Waals surface area contributed by atoms with Gasteiger partial charge in [0.15, 0.2) is 5.76 Å². The first-order valence-electron chi connectivity index (χ1n) is 8.84. The number of benzene rings is 3. The summed E-state index contributed by atoms with van der Waals surface area (Å²) in [6.07, 6.45) is 0. The van der Waals surface area contributed by atoms with Crippen LogP contribution in [0.3, 0.4) is 0 Å². The molecule has 4 nitrogen and oxygen atoms in total. The highest BCUT2D eigenvalue weighted by Gasteiger charge is 2.17. The number of carbonyl (C=O) groups excluding carboxylic acids is 1. The Morgan fingerprint density at radius 2 is 1.46 bits per heavy atom. The van der Waals surface area contributed by atoms with E-state index in [4.69, 9.17) is 15.1 Å². The second-order valence-electron chi connectivity index (χ2n) is 6.24. The molecule has 1 amide bonds. The van der Waals surface area contributed by atoms with Crippen molar-refractivity contribution in [2.45, 2.75) is 11.0 Å². The largest absolute Gasteiger partial charge is 0.431 e. The van der Waals surface area contributed by atoms with E-state index in [0.29, 0.717) is 16.5 Å². The molecule has 0 aliphatic carbocycles. The Balaban J connectivity index is 1.61. The van der Waals surface area contributed by atoms with Gasteiger partial charge in [0, 0.05) is 22.4 Å². The molecular weight excluding hydrogens is 368 g/mol. The molecule has 0 fully saturated rings. The van der Waals surface area contributed by atoms with Crippen LogP contribution in [0.25, 0.3) is 22.6 Å². The third-order valence-corrected chi connectivity index (χ3v) is 5.19. The highest BCUT2D eigenvalue weighted by Crippen LogP contribution is 2.36. The van der Waals surface area contributed by atoms with Crippen molar-refractivity contribution < 1.29 is 9.21 Å². The number of hydrogen-bond donors (Lipinski definition) is 1. The number of nitrogens with two attached hydrogens (primary N) is 1. The fourth-order valence-corrected chi connectivity index (χ4v) is 3.63. The van der Waals surface area contributed by atoms with E-state index < -0.39 is 5.91 Å².